The van der Waals surface area contributed by atoms with E-state index < -0.39 is 24.4 Å². The molecule has 0 spiro atoms. The molecule has 0 saturated carbocycles. The van der Waals surface area contributed by atoms with Crippen LogP contribution in [-0.4, -0.2) is 51.4 Å². The summed E-state index contributed by atoms with van der Waals surface area (Å²) in [4.78, 5) is 0. The van der Waals surface area contributed by atoms with Gasteiger partial charge in [-0.25, -0.2) is 0 Å². The van der Waals surface area contributed by atoms with E-state index in [0.29, 0.717) is 0 Å². The number of rotatable bonds is 1. The standard InChI is InChI=1S/C6H11O5/c7-1-4-6(10)5(9)3(8)2-11-4/h2-10H,1H2/t3-,4-,5-,6-/m0/s1. The van der Waals surface area contributed by atoms with Crippen LogP contribution in [0.2, 0.25) is 0 Å². The largest absolute Gasteiger partial charge is 0.394 e. The van der Waals surface area contributed by atoms with E-state index in [1.54, 1.807) is 0 Å². The molecule has 4 atom stereocenters. The van der Waals surface area contributed by atoms with Crippen molar-refractivity contribution in [1.29, 1.82) is 0 Å². The zero-order valence-electron chi connectivity index (χ0n) is 5.79. The summed E-state index contributed by atoms with van der Waals surface area (Å²) in [5.41, 5.74) is 0. The summed E-state index contributed by atoms with van der Waals surface area (Å²) in [6, 6.07) is 0. The average Bonchev–Trinajstić information content (AvgIpc) is 2.01. The number of ether oxygens (including phenoxy) is 1. The van der Waals surface area contributed by atoms with Crippen molar-refractivity contribution in [1.82, 2.24) is 0 Å². The molecule has 4 N–H and O–H groups in total. The van der Waals surface area contributed by atoms with Gasteiger partial charge in [0.25, 0.3) is 0 Å². The Morgan fingerprint density at radius 1 is 1.18 bits per heavy atom. The fourth-order valence-electron chi connectivity index (χ4n) is 0.915. The van der Waals surface area contributed by atoms with E-state index in [2.05, 4.69) is 4.74 Å². The van der Waals surface area contributed by atoms with Gasteiger partial charge in [0.15, 0.2) is 0 Å². The minimum Gasteiger partial charge on any atom is -0.394 e. The highest BCUT2D eigenvalue weighted by Crippen LogP contribution is 2.17. The summed E-state index contributed by atoms with van der Waals surface area (Å²) >= 11 is 0. The molecule has 65 valence electrons. The van der Waals surface area contributed by atoms with Crippen LogP contribution in [0.1, 0.15) is 0 Å². The first-order chi connectivity index (χ1) is 5.16. The maximum Gasteiger partial charge on any atom is 0.115 e. The van der Waals surface area contributed by atoms with Crippen molar-refractivity contribution in [3.8, 4) is 0 Å². The molecule has 11 heavy (non-hydrogen) atoms. The Balaban J connectivity index is 2.52. The molecule has 0 aromatic rings. The van der Waals surface area contributed by atoms with Gasteiger partial charge in [0.2, 0.25) is 0 Å². The Labute approximate surface area is 63.8 Å². The molecule has 0 aromatic heterocycles. The van der Waals surface area contributed by atoms with Crippen LogP contribution < -0.4 is 0 Å². The quantitative estimate of drug-likeness (QED) is 0.346. The monoisotopic (exact) mass is 163 g/mol. The fourth-order valence-corrected chi connectivity index (χ4v) is 0.915. The van der Waals surface area contributed by atoms with Crippen molar-refractivity contribution in [2.45, 2.75) is 24.4 Å². The van der Waals surface area contributed by atoms with Gasteiger partial charge < -0.3 is 25.2 Å². The highest BCUT2D eigenvalue weighted by molar-refractivity contribution is 4.91. The maximum absolute atomic E-state index is 9.09. The van der Waals surface area contributed by atoms with E-state index in [4.69, 9.17) is 20.4 Å². The summed E-state index contributed by atoms with van der Waals surface area (Å²) in [7, 11) is 0. The van der Waals surface area contributed by atoms with Crippen molar-refractivity contribution in [2.24, 2.45) is 0 Å². The minimum atomic E-state index is -1.28. The number of hydrogen-bond acceptors (Lipinski definition) is 5. The lowest BCUT2D eigenvalue weighted by atomic mass is 10.0. The molecule has 1 aliphatic heterocycles. The fraction of sp³-hybridized carbons (Fsp3) is 0.833. The van der Waals surface area contributed by atoms with Gasteiger partial charge >= 0.3 is 0 Å². The molecule has 1 heterocycles. The molecule has 0 aliphatic carbocycles. The summed E-state index contributed by atoms with van der Waals surface area (Å²) < 4.78 is 4.69. The second kappa shape index (κ2) is 3.46. The molecule has 1 radical (unpaired) electrons. The molecular weight excluding hydrogens is 152 g/mol. The highest BCUT2D eigenvalue weighted by atomic mass is 16.5. The molecule has 0 unspecified atom stereocenters. The lowest BCUT2D eigenvalue weighted by molar-refractivity contribution is -0.169. The molecule has 5 nitrogen and oxygen atoms in total. The Morgan fingerprint density at radius 3 is 2.36 bits per heavy atom. The van der Waals surface area contributed by atoms with E-state index in [-0.39, 0.29) is 6.61 Å². The summed E-state index contributed by atoms with van der Waals surface area (Å²) in [5, 5.41) is 35.6. The van der Waals surface area contributed by atoms with E-state index in [1.165, 1.54) is 0 Å². The van der Waals surface area contributed by atoms with Gasteiger partial charge in [-0.1, -0.05) is 0 Å². The smallest absolute Gasteiger partial charge is 0.115 e. The average molecular weight is 163 g/mol. The van der Waals surface area contributed by atoms with E-state index >= 15 is 0 Å². The maximum atomic E-state index is 9.09. The second-order valence-electron chi connectivity index (χ2n) is 2.46. The molecule has 1 aliphatic rings. The first kappa shape index (κ1) is 8.89. The zero-order chi connectivity index (χ0) is 8.43. The van der Waals surface area contributed by atoms with Gasteiger partial charge in [-0.2, -0.15) is 0 Å². The van der Waals surface area contributed by atoms with Crippen LogP contribution in [0.4, 0.5) is 0 Å². The molecule has 0 bridgehead atoms. The summed E-state index contributed by atoms with van der Waals surface area (Å²) in [5.74, 6) is 0. The van der Waals surface area contributed by atoms with Gasteiger partial charge in [-0.05, 0) is 0 Å². The van der Waals surface area contributed by atoms with Crippen molar-refractivity contribution >= 4 is 0 Å². The Bertz CT molecular complexity index is 126. The van der Waals surface area contributed by atoms with Crippen molar-refractivity contribution in [3.05, 3.63) is 6.61 Å². The van der Waals surface area contributed by atoms with Crippen LogP contribution in [0.5, 0.6) is 0 Å². The van der Waals surface area contributed by atoms with Crippen LogP contribution in [0.3, 0.4) is 0 Å². The van der Waals surface area contributed by atoms with E-state index in [9.17, 15) is 0 Å². The summed E-state index contributed by atoms with van der Waals surface area (Å²) in [6.45, 7) is 0.611. The first-order valence-corrected chi connectivity index (χ1v) is 3.30. The first-order valence-electron chi connectivity index (χ1n) is 3.30. The lowest BCUT2D eigenvalue weighted by Gasteiger charge is -2.33. The number of aliphatic hydroxyl groups excluding tert-OH is 4. The van der Waals surface area contributed by atoms with Gasteiger partial charge in [0, 0.05) is 0 Å². The zero-order valence-corrected chi connectivity index (χ0v) is 5.79. The molecule has 0 amide bonds. The highest BCUT2D eigenvalue weighted by Gasteiger charge is 2.37. The van der Waals surface area contributed by atoms with Crippen molar-refractivity contribution < 1.29 is 25.2 Å². The van der Waals surface area contributed by atoms with Crippen molar-refractivity contribution in [3.63, 3.8) is 0 Å². The minimum absolute atomic E-state index is 0.387. The van der Waals surface area contributed by atoms with Crippen LogP contribution in [0, 0.1) is 6.61 Å². The van der Waals surface area contributed by atoms with Gasteiger partial charge in [0.05, 0.1) is 6.61 Å². The molecular formula is C6H11O5. The third-order valence-corrected chi connectivity index (χ3v) is 1.65. The SMILES string of the molecule is OC[C@@H]1O[CH][C@H](O)[C@H](O)[C@H]1O. The predicted octanol–water partition coefficient (Wildman–Crippen LogP) is -2.38. The third-order valence-electron chi connectivity index (χ3n) is 1.65. The molecule has 5 heteroatoms. The lowest BCUT2D eigenvalue weighted by Crippen LogP contribution is -2.52. The molecule has 1 saturated heterocycles. The van der Waals surface area contributed by atoms with Crippen LogP contribution in [0.15, 0.2) is 0 Å². The Kier molecular flexibility index (Phi) is 2.80. The summed E-state index contributed by atoms with van der Waals surface area (Å²) in [6.07, 6.45) is -4.54. The van der Waals surface area contributed by atoms with Crippen LogP contribution >= 0.6 is 0 Å². The van der Waals surface area contributed by atoms with Gasteiger partial charge in [-0.3, -0.25) is 0 Å². The number of aliphatic hydroxyl groups is 4. The van der Waals surface area contributed by atoms with E-state index in [0.717, 1.165) is 6.61 Å². The Hall–Kier alpha value is -0.200. The second-order valence-corrected chi connectivity index (χ2v) is 2.46. The molecule has 0 aromatic carbocycles. The van der Waals surface area contributed by atoms with Crippen LogP contribution in [-0.2, 0) is 4.74 Å². The van der Waals surface area contributed by atoms with Crippen LogP contribution in [0.25, 0.3) is 0 Å². The third kappa shape index (κ3) is 1.69. The van der Waals surface area contributed by atoms with E-state index in [1.807, 2.05) is 0 Å². The topological polar surface area (TPSA) is 90.2 Å². The number of hydrogen-bond donors (Lipinski definition) is 4. The van der Waals surface area contributed by atoms with Crippen molar-refractivity contribution in [2.75, 3.05) is 6.61 Å². The van der Waals surface area contributed by atoms with Gasteiger partial charge in [0.1, 0.15) is 31.0 Å². The Morgan fingerprint density at radius 2 is 1.82 bits per heavy atom. The normalized spacial score (nSPS) is 45.8. The predicted molar refractivity (Wildman–Crippen MR) is 34.3 cm³/mol. The molecule has 1 rings (SSSR count). The molecule has 1 fully saturated rings. The van der Waals surface area contributed by atoms with Gasteiger partial charge in [-0.15, -0.1) is 0 Å².